The van der Waals surface area contributed by atoms with E-state index in [4.69, 9.17) is 28.9 Å². The van der Waals surface area contributed by atoms with Gasteiger partial charge in [0.05, 0.1) is 30.7 Å². The van der Waals surface area contributed by atoms with Gasteiger partial charge in [-0.15, -0.1) is 23.2 Å². The molecule has 2 aromatic heterocycles. The molecule has 21 heteroatoms. The number of aromatic nitrogens is 4. The van der Waals surface area contributed by atoms with Gasteiger partial charge in [0.15, 0.2) is 0 Å². The van der Waals surface area contributed by atoms with E-state index in [1.54, 1.807) is 0 Å². The van der Waals surface area contributed by atoms with E-state index in [-0.39, 0.29) is 48.0 Å². The summed E-state index contributed by atoms with van der Waals surface area (Å²) in [4.78, 5) is 55.3. The Labute approximate surface area is 519 Å². The molecule has 6 aromatic rings. The Hall–Kier alpha value is -6.29. The highest BCUT2D eigenvalue weighted by Crippen LogP contribution is 2.40. The second kappa shape index (κ2) is 31.8. The van der Waals surface area contributed by atoms with Crippen molar-refractivity contribution in [2.75, 3.05) is 25.5 Å². The van der Waals surface area contributed by atoms with Crippen molar-refractivity contribution >= 4 is 40.9 Å². The van der Waals surface area contributed by atoms with E-state index >= 15 is 0 Å². The van der Waals surface area contributed by atoms with Crippen LogP contribution in [-0.2, 0) is 79.7 Å². The van der Waals surface area contributed by atoms with E-state index in [0.717, 1.165) is 83.1 Å². The summed E-state index contributed by atoms with van der Waals surface area (Å²) in [7, 11) is 1.27. The highest BCUT2D eigenvalue weighted by Gasteiger charge is 2.40. The van der Waals surface area contributed by atoms with Crippen molar-refractivity contribution < 1.29 is 47.0 Å². The predicted molar refractivity (Wildman–Crippen MR) is 332 cm³/mol. The molecular formula is C66H85Cl2F4N9O6. The minimum atomic E-state index is -1.02. The van der Waals surface area contributed by atoms with Crippen LogP contribution in [0, 0.1) is 37.1 Å². The number of hydroxylamine groups is 2. The molecule has 0 saturated heterocycles. The van der Waals surface area contributed by atoms with E-state index in [2.05, 4.69) is 131 Å². The van der Waals surface area contributed by atoms with Gasteiger partial charge in [-0.3, -0.25) is 19.2 Å². The second-order valence-electron chi connectivity index (χ2n) is 24.4. The molecule has 15 nitrogen and oxygen atoms in total. The normalized spacial score (nSPS) is 17.6. The summed E-state index contributed by atoms with van der Waals surface area (Å²) in [6, 6.07) is 22.3. The van der Waals surface area contributed by atoms with Crippen LogP contribution in [0.15, 0.2) is 97.3 Å². The first-order valence-electron chi connectivity index (χ1n) is 28.9. The molecule has 0 saturated carbocycles. The fraction of sp³-hybridized carbons (Fsp3) is 0.470. The van der Waals surface area contributed by atoms with E-state index in [9.17, 15) is 42.2 Å². The van der Waals surface area contributed by atoms with Crippen molar-refractivity contribution in [2.24, 2.45) is 5.73 Å². The van der Waals surface area contributed by atoms with Gasteiger partial charge < -0.3 is 31.9 Å². The zero-order chi connectivity index (χ0) is 64.6. The Balaban J connectivity index is 0.000000268. The number of aliphatic hydroxyl groups is 2. The lowest BCUT2D eigenvalue weighted by molar-refractivity contribution is -0.184. The number of hydrogen-bond donors (Lipinski definition) is 6. The largest absolute Gasteiger partial charge is 0.390 e. The number of hydrogen-bond acceptors (Lipinski definition) is 13. The van der Waals surface area contributed by atoms with Gasteiger partial charge in [-0.05, 0) is 145 Å². The van der Waals surface area contributed by atoms with Crippen molar-refractivity contribution in [3.63, 3.8) is 0 Å². The molecule has 0 bridgehead atoms. The van der Waals surface area contributed by atoms with Crippen molar-refractivity contribution in [1.82, 2.24) is 40.9 Å². The van der Waals surface area contributed by atoms with Crippen molar-refractivity contribution in [2.45, 2.75) is 174 Å². The fourth-order valence-electron chi connectivity index (χ4n) is 10.9. The lowest BCUT2D eigenvalue weighted by Gasteiger charge is -2.41. The van der Waals surface area contributed by atoms with E-state index in [0.29, 0.717) is 29.0 Å². The standard InChI is InChI=1S/C31H38F2N4O2.C29H36F2N4O.C5H9NO3.CH2Cl2/c1-19-34-17-22-16-31(10-9-27(22)36-19,24-8-6-7-23(14-24)30(3,4)5)35-18-29(39)28(37-20(2)38)13-21-11-25(32)15-26(33)12-21;1-18-33-16-20-15-29(9-8-26(20)35-18,22-7-5-6-21(13-22)28(2,3)4)34-17-27(36)25(32)12-19-10-23(30)14-24(31)11-19;1-4(7)6(9-3)5(2)8;2-1-3/h6-8,11-12,14-15,17,28-29,35,39H,9-10,13,16,18H2,1-5H3,(H,37,38);5-7,10-11,13-14,16,25,27,34,36H,8-9,12,15,17,32H2,1-4H3;1-3H3;1H2/t28-,29+,31?;25-,27+,29?;;/m00../s1. The summed E-state index contributed by atoms with van der Waals surface area (Å²) in [5.41, 5.74) is 15.0. The number of nitrogens with zero attached hydrogens (tertiary/aromatic N) is 5. The minimum Gasteiger partial charge on any atom is -0.390 e. The number of carbonyl (C=O) groups excluding carboxylic acids is 3. The summed E-state index contributed by atoms with van der Waals surface area (Å²) in [5.74, 6) is -2.35. The van der Waals surface area contributed by atoms with E-state index in [1.807, 2.05) is 26.2 Å². The maximum absolute atomic E-state index is 13.8. The minimum absolute atomic E-state index is 0.00784. The lowest BCUT2D eigenvalue weighted by Crippen LogP contribution is -2.54. The number of benzene rings is 4. The first-order valence-corrected chi connectivity index (χ1v) is 30.0. The van der Waals surface area contributed by atoms with Crippen molar-refractivity contribution in [3.8, 4) is 0 Å². The third-order valence-electron chi connectivity index (χ3n) is 15.4. The molecule has 472 valence electrons. The van der Waals surface area contributed by atoms with Crippen LogP contribution >= 0.6 is 23.2 Å². The number of aryl methyl sites for hydroxylation is 4. The number of halogens is 6. The average Bonchev–Trinajstić information content (AvgIpc) is 0.982. The number of alkyl halides is 2. The molecule has 0 fully saturated rings. The van der Waals surface area contributed by atoms with E-state index < -0.39 is 70.5 Å². The smallest absolute Gasteiger partial charge is 0.250 e. The van der Waals surface area contributed by atoms with Crippen LogP contribution in [0.3, 0.4) is 0 Å². The van der Waals surface area contributed by atoms with Gasteiger partial charge in [-0.25, -0.2) is 37.5 Å². The van der Waals surface area contributed by atoms with Crippen molar-refractivity contribution in [3.05, 3.63) is 188 Å². The van der Waals surface area contributed by atoms with Gasteiger partial charge in [-0.2, -0.15) is 5.06 Å². The number of rotatable bonds is 16. The van der Waals surface area contributed by atoms with Crippen LogP contribution in [0.5, 0.6) is 0 Å². The number of carbonyl (C=O) groups is 3. The summed E-state index contributed by atoms with van der Waals surface area (Å²) in [6.45, 7) is 21.2. The van der Waals surface area contributed by atoms with Gasteiger partial charge >= 0.3 is 0 Å². The summed E-state index contributed by atoms with van der Waals surface area (Å²) < 4.78 is 54.9. The van der Waals surface area contributed by atoms with Crippen LogP contribution < -0.4 is 21.7 Å². The number of imide groups is 1. The molecule has 7 N–H and O–H groups in total. The third kappa shape index (κ3) is 20.9. The number of amides is 3. The summed E-state index contributed by atoms with van der Waals surface area (Å²) in [5, 5.41) is 33.1. The summed E-state index contributed by atoms with van der Waals surface area (Å²) in [6.07, 6.45) is 6.55. The van der Waals surface area contributed by atoms with Gasteiger partial charge in [0.1, 0.15) is 34.9 Å². The number of aliphatic hydroxyl groups excluding tert-OH is 2. The Morgan fingerprint density at radius 3 is 1.40 bits per heavy atom. The molecule has 6 atom stereocenters. The Morgan fingerprint density at radius 2 is 1.05 bits per heavy atom. The molecule has 2 aliphatic carbocycles. The molecule has 4 aromatic carbocycles. The molecule has 0 spiro atoms. The maximum atomic E-state index is 13.8. The summed E-state index contributed by atoms with van der Waals surface area (Å²) >= 11 is 9.53. The third-order valence-corrected chi connectivity index (χ3v) is 15.4. The van der Waals surface area contributed by atoms with Crippen LogP contribution in [0.4, 0.5) is 17.6 Å². The quantitative estimate of drug-likeness (QED) is 0.0302. The van der Waals surface area contributed by atoms with Crippen LogP contribution in [0.2, 0.25) is 0 Å². The molecular weight excluding hydrogens is 1160 g/mol. The molecule has 2 aliphatic rings. The molecule has 0 aliphatic heterocycles. The van der Waals surface area contributed by atoms with Gasteiger partial charge in [0.2, 0.25) is 17.7 Å². The highest BCUT2D eigenvalue weighted by molar-refractivity contribution is 6.40. The van der Waals surface area contributed by atoms with Crippen LogP contribution in [-0.4, -0.2) is 103 Å². The monoisotopic (exact) mass is 1250 g/mol. The fourth-order valence-corrected chi connectivity index (χ4v) is 10.9. The SMILES string of the molecule is CC(=O)N[C@@H](Cc1cc(F)cc(F)c1)[C@H](O)CNC1(c2cccc(C(C)(C)C)c2)CCc2nc(C)ncc2C1.CON(C(C)=O)C(C)=O.Cc1ncc2c(n1)CCC(NC[C@@H](O)[C@@H](N)Cc1cc(F)cc(F)c1)(c1cccc(C(C)(C)C)c1)C2.ClCCl. The lowest BCUT2D eigenvalue weighted by atomic mass is 9.73. The number of nitrogens with one attached hydrogen (secondary N) is 3. The zero-order valence-electron chi connectivity index (χ0n) is 51.9. The van der Waals surface area contributed by atoms with Crippen molar-refractivity contribution in [1.29, 1.82) is 0 Å². The Bertz CT molecular complexity index is 3240. The number of nitrogens with two attached hydrogens (primary N) is 1. The first kappa shape index (κ1) is 71.5. The van der Waals surface area contributed by atoms with Crippen LogP contribution in [0.25, 0.3) is 0 Å². The topological polar surface area (TPSA) is 218 Å². The zero-order valence-corrected chi connectivity index (χ0v) is 53.4. The highest BCUT2D eigenvalue weighted by atomic mass is 35.5. The average molecular weight is 1250 g/mol. The number of fused-ring (bicyclic) bond motifs is 2. The molecule has 3 amide bonds. The molecule has 0 radical (unpaired) electrons. The van der Waals surface area contributed by atoms with Gasteiger partial charge in [0, 0.05) is 86.9 Å². The molecule has 2 heterocycles. The Morgan fingerprint density at radius 1 is 0.655 bits per heavy atom. The Kier molecular flexibility index (Phi) is 26.1. The van der Waals surface area contributed by atoms with Gasteiger partial charge in [-0.1, -0.05) is 90.1 Å². The molecule has 87 heavy (non-hydrogen) atoms. The predicted octanol–water partition coefficient (Wildman–Crippen LogP) is 10.1. The first-order chi connectivity index (χ1) is 40.8. The molecule has 2 unspecified atom stereocenters. The molecule has 8 rings (SSSR count). The second-order valence-corrected chi connectivity index (χ2v) is 25.2. The maximum Gasteiger partial charge on any atom is 0.250 e. The van der Waals surface area contributed by atoms with E-state index in [1.165, 1.54) is 63.3 Å². The van der Waals surface area contributed by atoms with Crippen LogP contribution in [0.1, 0.15) is 143 Å². The van der Waals surface area contributed by atoms with Gasteiger partial charge in [0.25, 0.3) is 0 Å².